The quantitative estimate of drug-likeness (QED) is 0.839. The number of thiazole rings is 1. The van der Waals surface area contributed by atoms with Crippen molar-refractivity contribution in [3.8, 4) is 0 Å². The lowest BCUT2D eigenvalue weighted by atomic mass is 10.0. The summed E-state index contributed by atoms with van der Waals surface area (Å²) in [5.74, 6) is 0. The largest absolute Gasteiger partial charge is 0.375 e. The number of rotatable bonds is 5. The fraction of sp³-hybridized carbons (Fsp3) is 0.750. The van der Waals surface area contributed by atoms with Gasteiger partial charge in [-0.25, -0.2) is 4.98 Å². The lowest BCUT2D eigenvalue weighted by Gasteiger charge is -2.34. The third-order valence-electron chi connectivity index (χ3n) is 3.27. The maximum absolute atomic E-state index is 5.69. The molecule has 0 aliphatic carbocycles. The first-order valence-electron chi connectivity index (χ1n) is 6.44. The van der Waals surface area contributed by atoms with Crippen LogP contribution in [0.2, 0.25) is 0 Å². The van der Waals surface area contributed by atoms with E-state index in [0.29, 0.717) is 5.13 Å². The summed E-state index contributed by atoms with van der Waals surface area (Å²) in [6.07, 6.45) is 5.64. The molecule has 1 fully saturated rings. The second kappa shape index (κ2) is 6.33. The van der Waals surface area contributed by atoms with Crippen LogP contribution in [0.25, 0.3) is 0 Å². The molecular weight excluding hydrogens is 232 g/mol. The van der Waals surface area contributed by atoms with Gasteiger partial charge in [0.15, 0.2) is 5.13 Å². The number of nitrogen functional groups attached to an aromatic ring is 1. The fourth-order valence-corrected chi connectivity index (χ4v) is 3.16. The van der Waals surface area contributed by atoms with Crippen LogP contribution < -0.4 is 11.1 Å². The molecule has 0 saturated carbocycles. The number of piperidine rings is 1. The van der Waals surface area contributed by atoms with Crippen molar-refractivity contribution in [2.45, 2.75) is 38.8 Å². The van der Waals surface area contributed by atoms with E-state index >= 15 is 0 Å². The molecule has 3 N–H and O–H groups in total. The number of hydrogen-bond acceptors (Lipinski definition) is 5. The average molecular weight is 254 g/mol. The van der Waals surface area contributed by atoms with Gasteiger partial charge in [0.05, 0.1) is 0 Å². The van der Waals surface area contributed by atoms with E-state index in [1.807, 2.05) is 6.20 Å². The van der Waals surface area contributed by atoms with Crippen LogP contribution in [0.3, 0.4) is 0 Å². The zero-order valence-electron chi connectivity index (χ0n) is 10.5. The smallest absolute Gasteiger partial charge is 0.180 e. The Morgan fingerprint density at radius 3 is 2.88 bits per heavy atom. The molecule has 5 heteroatoms. The molecule has 1 aromatic heterocycles. The van der Waals surface area contributed by atoms with Gasteiger partial charge in [0, 0.05) is 23.7 Å². The third-order valence-corrected chi connectivity index (χ3v) is 4.08. The van der Waals surface area contributed by atoms with Crippen molar-refractivity contribution in [2.24, 2.45) is 0 Å². The van der Waals surface area contributed by atoms with Crippen LogP contribution in [-0.4, -0.2) is 35.6 Å². The molecule has 0 atom stereocenters. The second-order valence-corrected chi connectivity index (χ2v) is 5.76. The summed E-state index contributed by atoms with van der Waals surface area (Å²) in [5.41, 5.74) is 5.69. The second-order valence-electron chi connectivity index (χ2n) is 4.62. The molecule has 0 unspecified atom stereocenters. The maximum Gasteiger partial charge on any atom is 0.180 e. The molecule has 0 bridgehead atoms. The topological polar surface area (TPSA) is 54.2 Å². The first kappa shape index (κ1) is 12.8. The summed E-state index contributed by atoms with van der Waals surface area (Å²) < 4.78 is 0. The highest BCUT2D eigenvalue weighted by Gasteiger charge is 2.20. The number of hydrogen-bond donors (Lipinski definition) is 2. The van der Waals surface area contributed by atoms with E-state index in [-0.39, 0.29) is 0 Å². The lowest BCUT2D eigenvalue weighted by molar-refractivity contribution is 0.155. The molecule has 0 radical (unpaired) electrons. The van der Waals surface area contributed by atoms with Crippen LogP contribution in [-0.2, 0) is 6.54 Å². The SMILES string of the molecule is CCCN(Cc1cnc(N)s1)C1CCNCC1. The van der Waals surface area contributed by atoms with Crippen molar-refractivity contribution in [2.75, 3.05) is 25.4 Å². The van der Waals surface area contributed by atoms with E-state index in [4.69, 9.17) is 5.73 Å². The van der Waals surface area contributed by atoms with Crippen LogP contribution in [0, 0.1) is 0 Å². The Morgan fingerprint density at radius 1 is 1.53 bits per heavy atom. The Balaban J connectivity index is 1.95. The number of aromatic nitrogens is 1. The standard InChI is InChI=1S/C12H22N4S/c1-2-7-16(10-3-5-14-6-4-10)9-11-8-15-12(13)17-11/h8,10,14H,2-7,9H2,1H3,(H2,13,15). The molecule has 1 aliphatic rings. The first-order valence-corrected chi connectivity index (χ1v) is 7.26. The Kier molecular flexibility index (Phi) is 4.76. The van der Waals surface area contributed by atoms with Gasteiger partial charge in [-0.05, 0) is 38.9 Å². The first-order chi connectivity index (χ1) is 8.29. The maximum atomic E-state index is 5.69. The minimum atomic E-state index is 0.682. The summed E-state index contributed by atoms with van der Waals surface area (Å²) in [7, 11) is 0. The Bertz CT molecular complexity index is 333. The predicted octanol–water partition coefficient (Wildman–Crippen LogP) is 1.69. The van der Waals surface area contributed by atoms with E-state index in [9.17, 15) is 0 Å². The van der Waals surface area contributed by atoms with Gasteiger partial charge in [-0.15, -0.1) is 11.3 Å². The van der Waals surface area contributed by atoms with Crippen LogP contribution in [0.15, 0.2) is 6.20 Å². The Morgan fingerprint density at radius 2 is 2.29 bits per heavy atom. The third kappa shape index (κ3) is 3.66. The van der Waals surface area contributed by atoms with Crippen molar-refractivity contribution < 1.29 is 0 Å². The summed E-state index contributed by atoms with van der Waals surface area (Å²) in [5, 5.41) is 4.11. The van der Waals surface area contributed by atoms with Gasteiger partial charge in [-0.2, -0.15) is 0 Å². The summed E-state index contributed by atoms with van der Waals surface area (Å²) >= 11 is 1.62. The summed E-state index contributed by atoms with van der Waals surface area (Å²) in [4.78, 5) is 8.01. The molecule has 2 rings (SSSR count). The highest BCUT2D eigenvalue weighted by molar-refractivity contribution is 7.15. The normalized spacial score (nSPS) is 17.8. The molecule has 1 aromatic rings. The zero-order valence-corrected chi connectivity index (χ0v) is 11.3. The van der Waals surface area contributed by atoms with E-state index in [0.717, 1.165) is 25.7 Å². The molecule has 2 heterocycles. The molecule has 0 amide bonds. The van der Waals surface area contributed by atoms with Crippen molar-refractivity contribution in [3.63, 3.8) is 0 Å². The summed E-state index contributed by atoms with van der Waals surface area (Å²) in [6, 6.07) is 0.722. The monoisotopic (exact) mass is 254 g/mol. The fourth-order valence-electron chi connectivity index (χ4n) is 2.45. The number of anilines is 1. The van der Waals surface area contributed by atoms with Crippen LogP contribution in [0.1, 0.15) is 31.1 Å². The van der Waals surface area contributed by atoms with Crippen molar-refractivity contribution in [3.05, 3.63) is 11.1 Å². The zero-order chi connectivity index (χ0) is 12.1. The molecular formula is C12H22N4S. The van der Waals surface area contributed by atoms with Gasteiger partial charge in [0.1, 0.15) is 0 Å². The van der Waals surface area contributed by atoms with Gasteiger partial charge in [-0.1, -0.05) is 6.92 Å². The van der Waals surface area contributed by atoms with E-state index < -0.39 is 0 Å². The molecule has 1 aliphatic heterocycles. The van der Waals surface area contributed by atoms with E-state index in [1.165, 1.54) is 30.7 Å². The molecule has 0 spiro atoms. The number of nitrogens with one attached hydrogen (secondary N) is 1. The molecule has 0 aromatic carbocycles. The van der Waals surface area contributed by atoms with Gasteiger partial charge in [0.2, 0.25) is 0 Å². The number of nitrogens with two attached hydrogens (primary N) is 1. The highest BCUT2D eigenvalue weighted by Crippen LogP contribution is 2.20. The van der Waals surface area contributed by atoms with Crippen molar-refractivity contribution >= 4 is 16.5 Å². The Hall–Kier alpha value is -0.650. The predicted molar refractivity (Wildman–Crippen MR) is 73.1 cm³/mol. The van der Waals surface area contributed by atoms with Crippen LogP contribution >= 0.6 is 11.3 Å². The Labute approximate surface area is 107 Å². The van der Waals surface area contributed by atoms with E-state index in [2.05, 4.69) is 22.1 Å². The summed E-state index contributed by atoms with van der Waals surface area (Å²) in [6.45, 7) is 6.72. The minimum Gasteiger partial charge on any atom is -0.375 e. The van der Waals surface area contributed by atoms with Gasteiger partial charge < -0.3 is 11.1 Å². The van der Waals surface area contributed by atoms with Crippen LogP contribution in [0.5, 0.6) is 0 Å². The van der Waals surface area contributed by atoms with Gasteiger partial charge in [0.25, 0.3) is 0 Å². The van der Waals surface area contributed by atoms with Crippen molar-refractivity contribution in [1.82, 2.24) is 15.2 Å². The molecule has 4 nitrogen and oxygen atoms in total. The van der Waals surface area contributed by atoms with Crippen LogP contribution in [0.4, 0.5) is 5.13 Å². The number of nitrogens with zero attached hydrogens (tertiary/aromatic N) is 2. The van der Waals surface area contributed by atoms with Gasteiger partial charge in [-0.3, -0.25) is 4.90 Å². The van der Waals surface area contributed by atoms with Crippen molar-refractivity contribution in [1.29, 1.82) is 0 Å². The molecule has 1 saturated heterocycles. The average Bonchev–Trinajstić information content (AvgIpc) is 2.75. The van der Waals surface area contributed by atoms with E-state index in [1.54, 1.807) is 11.3 Å². The molecule has 17 heavy (non-hydrogen) atoms. The lowest BCUT2D eigenvalue weighted by Crippen LogP contribution is -2.42. The van der Waals surface area contributed by atoms with Gasteiger partial charge >= 0.3 is 0 Å². The highest BCUT2D eigenvalue weighted by atomic mass is 32.1. The molecule has 96 valence electrons. The minimum absolute atomic E-state index is 0.682.